The van der Waals surface area contributed by atoms with Crippen LogP contribution in [0.15, 0.2) is 35.7 Å². The predicted molar refractivity (Wildman–Crippen MR) is 78.9 cm³/mol. The Balaban J connectivity index is 2.41. The van der Waals surface area contributed by atoms with Crippen LogP contribution in [0.2, 0.25) is 0 Å². The van der Waals surface area contributed by atoms with Gasteiger partial charge in [-0.3, -0.25) is 9.59 Å². The average Bonchev–Trinajstić information content (AvgIpc) is 2.38. The zero-order valence-corrected chi connectivity index (χ0v) is 12.0. The van der Waals surface area contributed by atoms with Gasteiger partial charge in [-0.2, -0.15) is 0 Å². The Hall–Kier alpha value is -1.55. The fraction of sp³-hybridized carbons (Fsp3) is 0.333. The molecule has 0 bridgehead atoms. The number of benzene rings is 1. The molecule has 0 saturated heterocycles. The largest absolute Gasteiger partial charge is 0.310 e. The Kier molecular flexibility index (Phi) is 4.10. The first-order valence-corrected chi connectivity index (χ1v) is 7.16. The Morgan fingerprint density at radius 2 is 2.26 bits per heavy atom. The number of Topliss-reactive ketones (excluding diaryl/α,β-unsaturated/α-hetero) is 1. The monoisotopic (exact) mass is 275 g/mol. The van der Waals surface area contributed by atoms with Gasteiger partial charge in [0.1, 0.15) is 0 Å². The molecule has 0 fully saturated rings. The number of nitrogens with zero attached hydrogens (tertiary/aromatic N) is 1. The van der Waals surface area contributed by atoms with Crippen molar-refractivity contribution in [1.29, 1.82) is 0 Å². The molecule has 100 valence electrons. The molecule has 1 aliphatic heterocycles. The van der Waals surface area contributed by atoms with Crippen molar-refractivity contribution in [2.75, 3.05) is 11.4 Å². The van der Waals surface area contributed by atoms with Gasteiger partial charge >= 0.3 is 0 Å². The molecule has 3 nitrogen and oxygen atoms in total. The summed E-state index contributed by atoms with van der Waals surface area (Å²) in [4.78, 5) is 26.4. The molecular weight excluding hydrogens is 258 g/mol. The summed E-state index contributed by atoms with van der Waals surface area (Å²) in [5.74, 6) is 0.167. The highest BCUT2D eigenvalue weighted by Crippen LogP contribution is 2.39. The van der Waals surface area contributed by atoms with E-state index in [0.29, 0.717) is 12.1 Å². The van der Waals surface area contributed by atoms with E-state index in [-0.39, 0.29) is 16.9 Å². The number of anilines is 1. The smallest absolute Gasteiger partial charge is 0.240 e. The fourth-order valence-corrected chi connectivity index (χ4v) is 3.18. The number of hydrogen-bond acceptors (Lipinski definition) is 3. The normalized spacial score (nSPS) is 18.1. The van der Waals surface area contributed by atoms with Crippen LogP contribution in [-0.4, -0.2) is 23.5 Å². The van der Waals surface area contributed by atoms with Gasteiger partial charge in [0, 0.05) is 17.0 Å². The van der Waals surface area contributed by atoms with Gasteiger partial charge in [-0.15, -0.1) is 18.3 Å². The number of hydrogen-bond donors (Lipinski definition) is 0. The molecule has 1 aromatic rings. The summed E-state index contributed by atoms with van der Waals surface area (Å²) in [6.45, 7) is 7.79. The minimum Gasteiger partial charge on any atom is -0.310 e. The van der Waals surface area contributed by atoms with E-state index in [2.05, 4.69) is 6.58 Å². The van der Waals surface area contributed by atoms with Gasteiger partial charge in [-0.1, -0.05) is 6.08 Å². The third-order valence-corrected chi connectivity index (χ3v) is 4.27. The van der Waals surface area contributed by atoms with Gasteiger partial charge in [-0.05, 0) is 38.5 Å². The summed E-state index contributed by atoms with van der Waals surface area (Å²) in [6.07, 6.45) is 2.57. The molecule has 1 amide bonds. The minimum atomic E-state index is -0.112. The number of thioether (sulfide) groups is 1. The first kappa shape index (κ1) is 13.9. The maximum absolute atomic E-state index is 12.2. The van der Waals surface area contributed by atoms with Crippen molar-refractivity contribution in [2.24, 2.45) is 0 Å². The fourth-order valence-electron chi connectivity index (χ4n) is 2.08. The summed E-state index contributed by atoms with van der Waals surface area (Å²) in [5.41, 5.74) is 1.59. The van der Waals surface area contributed by atoms with E-state index in [1.807, 2.05) is 25.1 Å². The van der Waals surface area contributed by atoms with Crippen LogP contribution < -0.4 is 4.90 Å². The Morgan fingerprint density at radius 3 is 2.89 bits per heavy atom. The average molecular weight is 275 g/mol. The first-order chi connectivity index (χ1) is 9.04. The third kappa shape index (κ3) is 2.73. The molecule has 1 heterocycles. The zero-order chi connectivity index (χ0) is 14.0. The van der Waals surface area contributed by atoms with E-state index >= 15 is 0 Å². The lowest BCUT2D eigenvalue weighted by Gasteiger charge is -2.32. The standard InChI is InChI=1S/C15H17NO2S/c1-4-5-8-16-13-7-6-12(10(2)17)9-14(13)19-11(3)15(16)18/h4,6-7,9,11H,1,5,8H2,2-3H3. The SMILES string of the molecule is C=CCCN1C(=O)C(C)Sc2cc(C(C)=O)ccc21. The van der Waals surface area contributed by atoms with Crippen LogP contribution in [0.4, 0.5) is 5.69 Å². The lowest BCUT2D eigenvalue weighted by Crippen LogP contribution is -2.40. The van der Waals surface area contributed by atoms with Crippen LogP contribution in [0.1, 0.15) is 30.6 Å². The zero-order valence-electron chi connectivity index (χ0n) is 11.2. The Bertz CT molecular complexity index is 539. The van der Waals surface area contributed by atoms with Gasteiger partial charge < -0.3 is 4.90 Å². The molecule has 0 aromatic heterocycles. The number of carbonyl (C=O) groups excluding carboxylic acids is 2. The molecule has 0 N–H and O–H groups in total. The molecule has 19 heavy (non-hydrogen) atoms. The summed E-state index contributed by atoms with van der Waals surface area (Å²) >= 11 is 1.52. The number of amides is 1. The van der Waals surface area contributed by atoms with Crippen LogP contribution in [0.3, 0.4) is 0 Å². The van der Waals surface area contributed by atoms with Gasteiger partial charge in [-0.25, -0.2) is 0 Å². The number of ketones is 1. The molecule has 0 aliphatic carbocycles. The Labute approximate surface area is 117 Å². The summed E-state index contributed by atoms with van der Waals surface area (Å²) in [6, 6.07) is 5.53. The van der Waals surface area contributed by atoms with E-state index in [1.165, 1.54) is 11.8 Å². The molecule has 4 heteroatoms. The molecule has 1 unspecified atom stereocenters. The lowest BCUT2D eigenvalue weighted by atomic mass is 10.1. The van der Waals surface area contributed by atoms with Crippen molar-refractivity contribution in [3.8, 4) is 0 Å². The number of rotatable bonds is 4. The van der Waals surface area contributed by atoms with Crippen LogP contribution in [0.5, 0.6) is 0 Å². The van der Waals surface area contributed by atoms with E-state index in [4.69, 9.17) is 0 Å². The second-order valence-electron chi connectivity index (χ2n) is 4.57. The molecule has 0 radical (unpaired) electrons. The van der Waals surface area contributed by atoms with E-state index in [1.54, 1.807) is 17.9 Å². The molecule has 1 aromatic carbocycles. The van der Waals surface area contributed by atoms with Gasteiger partial charge in [0.2, 0.25) is 5.91 Å². The topological polar surface area (TPSA) is 37.4 Å². The van der Waals surface area contributed by atoms with Crippen molar-refractivity contribution in [2.45, 2.75) is 30.4 Å². The maximum Gasteiger partial charge on any atom is 0.240 e. The minimum absolute atomic E-state index is 0.0468. The van der Waals surface area contributed by atoms with Gasteiger partial charge in [0.05, 0.1) is 10.9 Å². The quantitative estimate of drug-likeness (QED) is 0.625. The summed E-state index contributed by atoms with van der Waals surface area (Å²) in [7, 11) is 0. The molecular formula is C15H17NO2S. The van der Waals surface area contributed by atoms with E-state index < -0.39 is 0 Å². The second kappa shape index (κ2) is 5.61. The van der Waals surface area contributed by atoms with Crippen LogP contribution in [-0.2, 0) is 4.79 Å². The third-order valence-electron chi connectivity index (χ3n) is 3.13. The van der Waals surface area contributed by atoms with Crippen molar-refractivity contribution in [3.63, 3.8) is 0 Å². The van der Waals surface area contributed by atoms with Crippen molar-refractivity contribution in [3.05, 3.63) is 36.4 Å². The Morgan fingerprint density at radius 1 is 1.53 bits per heavy atom. The molecule has 0 spiro atoms. The van der Waals surface area contributed by atoms with Crippen LogP contribution >= 0.6 is 11.8 Å². The second-order valence-corrected chi connectivity index (χ2v) is 5.95. The van der Waals surface area contributed by atoms with E-state index in [9.17, 15) is 9.59 Å². The molecule has 0 saturated carbocycles. The maximum atomic E-state index is 12.2. The number of fused-ring (bicyclic) bond motifs is 1. The summed E-state index contributed by atoms with van der Waals surface area (Å²) < 4.78 is 0. The number of carbonyl (C=O) groups is 2. The highest BCUT2D eigenvalue weighted by Gasteiger charge is 2.30. The van der Waals surface area contributed by atoms with E-state index in [0.717, 1.165) is 17.0 Å². The van der Waals surface area contributed by atoms with Crippen molar-refractivity contribution >= 4 is 29.1 Å². The molecule has 1 aliphatic rings. The van der Waals surface area contributed by atoms with Crippen molar-refractivity contribution < 1.29 is 9.59 Å². The highest BCUT2D eigenvalue weighted by atomic mass is 32.2. The van der Waals surface area contributed by atoms with Crippen molar-refractivity contribution in [1.82, 2.24) is 0 Å². The highest BCUT2D eigenvalue weighted by molar-refractivity contribution is 8.01. The van der Waals surface area contributed by atoms with Gasteiger partial charge in [0.15, 0.2) is 5.78 Å². The first-order valence-electron chi connectivity index (χ1n) is 6.28. The molecule has 2 rings (SSSR count). The molecule has 1 atom stereocenters. The van der Waals surface area contributed by atoms with Gasteiger partial charge in [0.25, 0.3) is 0 Å². The summed E-state index contributed by atoms with van der Waals surface area (Å²) in [5, 5.41) is -0.112. The van der Waals surface area contributed by atoms with Crippen LogP contribution in [0.25, 0.3) is 0 Å². The lowest BCUT2D eigenvalue weighted by molar-refractivity contribution is -0.118. The predicted octanol–water partition coefficient (Wildman–Crippen LogP) is 3.29. The van der Waals surface area contributed by atoms with Crippen LogP contribution in [0, 0.1) is 0 Å².